The quantitative estimate of drug-likeness (QED) is 0.0131. The number of esters is 3. The third kappa shape index (κ3) is 24.0. The van der Waals surface area contributed by atoms with Crippen LogP contribution in [0, 0.1) is 0 Å². The van der Waals surface area contributed by atoms with Gasteiger partial charge in [-0.3, -0.25) is 0 Å². The summed E-state index contributed by atoms with van der Waals surface area (Å²) < 4.78 is 129. The van der Waals surface area contributed by atoms with Crippen molar-refractivity contribution in [1.29, 1.82) is 0 Å². The fraction of sp³-hybridized carbons (Fsp3) is 0.361. The number of carbonyl (C=O) groups is 3. The smallest absolute Gasteiger partial charge is 0.416 e. The van der Waals surface area contributed by atoms with Crippen molar-refractivity contribution in [1.82, 2.24) is 9.97 Å². The van der Waals surface area contributed by atoms with Crippen molar-refractivity contribution in [2.45, 2.75) is 139 Å². The lowest BCUT2D eigenvalue weighted by molar-refractivity contribution is -0.159. The Labute approximate surface area is 535 Å². The molecule has 0 fully saturated rings. The van der Waals surface area contributed by atoms with Crippen LogP contribution in [-0.4, -0.2) is 88.2 Å². The van der Waals surface area contributed by atoms with E-state index in [0.29, 0.717) is 67.0 Å². The first-order valence-electron chi connectivity index (χ1n) is 26.4. The largest absolute Gasteiger partial charge is 0.476 e. The number of benzene rings is 5. The van der Waals surface area contributed by atoms with E-state index in [-0.39, 0.29) is 51.3 Å². The van der Waals surface area contributed by atoms with Crippen LogP contribution in [0.25, 0.3) is 21.1 Å². The van der Waals surface area contributed by atoms with Crippen molar-refractivity contribution in [2.24, 2.45) is 0 Å². The van der Waals surface area contributed by atoms with E-state index < -0.39 is 61.3 Å². The van der Waals surface area contributed by atoms with Gasteiger partial charge in [0.2, 0.25) is 0 Å². The molecule has 0 atom stereocenters. The standard InChI is InChI=1S/C24H24F3NO4S2.C12H15ClO5S.C12H10F3NO2S.C12H16O3S.CH4/c1-4-31-22(30)23(2,3)32-17-9-11-18(12-10-17)33-14-20-19(13-29)28-21(34-20)15-5-7-16(8-6-15)24(25,26)27;1-4-17-11(14)12(2,3)18-9-5-7-10(8-6-9)19(13,15)16;13-12(14,15)8-3-1-7(2-4-8)11-16-9(5-17)10(6-18)19-11;1-4-14-11(13)12(2,3)15-9-5-7-10(16)8-6-9;/h5-12,29H,4,13-14H2,1-3H3;5-8H,4H2,1-3H3;1-4,17-18H,5-6H2;5-8,16H,4H2,1-3H3;1H4. The first kappa shape index (κ1) is 76.8. The van der Waals surface area contributed by atoms with Crippen molar-refractivity contribution in [3.63, 3.8) is 0 Å². The summed E-state index contributed by atoms with van der Waals surface area (Å²) in [5.74, 6) is 0.717. The molecule has 2 heterocycles. The maximum atomic E-state index is 12.8. The number of hydrogen-bond donors (Lipinski definition) is 4. The molecule has 0 aliphatic rings. The fourth-order valence-corrected chi connectivity index (χ4v) is 10.9. The zero-order chi connectivity index (χ0) is 65.8. The number of thioether (sulfide) groups is 1. The zero-order valence-electron chi connectivity index (χ0n) is 48.9. The third-order valence-electron chi connectivity index (χ3n) is 11.5. The molecule has 3 N–H and O–H groups in total. The van der Waals surface area contributed by atoms with Crippen LogP contribution in [0.1, 0.15) is 102 Å². The minimum absolute atomic E-state index is 0. The molecule has 16 nitrogen and oxygen atoms in total. The lowest BCUT2D eigenvalue weighted by atomic mass is 10.1. The van der Waals surface area contributed by atoms with E-state index in [1.165, 1.54) is 71.6 Å². The number of aliphatic hydroxyl groups is 3. The summed E-state index contributed by atoms with van der Waals surface area (Å²) in [7, 11) is 1.43. The molecule has 0 saturated carbocycles. The van der Waals surface area contributed by atoms with Gasteiger partial charge in [-0.15, -0.1) is 47.1 Å². The lowest BCUT2D eigenvalue weighted by Crippen LogP contribution is -2.39. The summed E-state index contributed by atoms with van der Waals surface area (Å²) in [5, 5.41) is 28.8. The molecule has 7 rings (SSSR count). The SMILES string of the molecule is C.CCOC(=O)C(C)(C)Oc1ccc(S(=O)(=O)Cl)cc1.CCOC(=O)C(C)(C)Oc1ccc(S)cc1.CCOC(=O)C(C)(C)Oc1ccc(SCc2sc(-c3ccc(C(F)(F)F)cc3)nc2CO)cc1.OCc1nc(-c2ccc(C(F)(F)F)cc2)sc1CO. The monoisotopic (exact) mass is 1360 g/mol. The van der Waals surface area contributed by atoms with Gasteiger partial charge in [0.05, 0.1) is 71.9 Å². The van der Waals surface area contributed by atoms with E-state index in [0.717, 1.165) is 50.3 Å². The van der Waals surface area contributed by atoms with Crippen molar-refractivity contribution < 1.29 is 92.9 Å². The van der Waals surface area contributed by atoms with Crippen LogP contribution >= 0.6 is 57.7 Å². The Morgan fingerprint density at radius 3 is 1.16 bits per heavy atom. The normalized spacial score (nSPS) is 11.6. The Balaban J connectivity index is 0.000000326. The van der Waals surface area contributed by atoms with Crippen molar-refractivity contribution in [2.75, 3.05) is 19.8 Å². The van der Waals surface area contributed by atoms with Gasteiger partial charge in [-0.1, -0.05) is 31.7 Å². The van der Waals surface area contributed by atoms with Gasteiger partial charge in [0.15, 0.2) is 16.8 Å². The molecular weight excluding hydrogens is 1290 g/mol. The Kier molecular flexibility index (Phi) is 29.5. The van der Waals surface area contributed by atoms with Crippen LogP contribution in [-0.2, 0) is 75.6 Å². The number of nitrogens with zero attached hydrogens (tertiary/aromatic N) is 2. The Morgan fingerprint density at radius 2 is 0.854 bits per heavy atom. The minimum Gasteiger partial charge on any atom is -0.476 e. The molecule has 89 heavy (non-hydrogen) atoms. The van der Waals surface area contributed by atoms with Gasteiger partial charge in [-0.25, -0.2) is 32.8 Å². The molecule has 0 unspecified atom stereocenters. The van der Waals surface area contributed by atoms with E-state index >= 15 is 0 Å². The van der Waals surface area contributed by atoms with Crippen LogP contribution in [0.5, 0.6) is 17.2 Å². The molecule has 0 bridgehead atoms. The molecule has 0 amide bonds. The molecule has 0 spiro atoms. The van der Waals surface area contributed by atoms with Crippen LogP contribution in [0.15, 0.2) is 136 Å². The molecule has 0 saturated heterocycles. The minimum atomic E-state index is -4.39. The summed E-state index contributed by atoms with van der Waals surface area (Å²) in [4.78, 5) is 46.8. The molecular formula is C61H69ClF6N2O14S5. The molecule has 28 heteroatoms. The summed E-state index contributed by atoms with van der Waals surface area (Å²) in [6.45, 7) is 15.0. The van der Waals surface area contributed by atoms with E-state index in [1.54, 1.807) is 98.7 Å². The van der Waals surface area contributed by atoms with Crippen LogP contribution < -0.4 is 14.2 Å². The number of aliphatic hydroxyl groups excluding tert-OH is 3. The molecule has 486 valence electrons. The predicted molar refractivity (Wildman–Crippen MR) is 333 cm³/mol. The highest BCUT2D eigenvalue weighted by Crippen LogP contribution is 2.37. The average molecular weight is 1360 g/mol. The fourth-order valence-electron chi connectivity index (χ4n) is 6.96. The van der Waals surface area contributed by atoms with Crippen molar-refractivity contribution in [3.8, 4) is 38.4 Å². The van der Waals surface area contributed by atoms with Crippen LogP contribution in [0.2, 0.25) is 0 Å². The topological polar surface area (TPSA) is 227 Å². The highest BCUT2D eigenvalue weighted by molar-refractivity contribution is 8.13. The van der Waals surface area contributed by atoms with E-state index in [2.05, 4.69) is 22.6 Å². The lowest BCUT2D eigenvalue weighted by Gasteiger charge is -2.24. The number of thiol groups is 1. The molecule has 0 radical (unpaired) electrons. The summed E-state index contributed by atoms with van der Waals surface area (Å²) in [5.41, 5.74) is -2.75. The number of aromatic nitrogens is 2. The van der Waals surface area contributed by atoms with Crippen LogP contribution in [0.4, 0.5) is 26.3 Å². The second-order valence-electron chi connectivity index (χ2n) is 19.6. The van der Waals surface area contributed by atoms with E-state index in [9.17, 15) is 54.3 Å². The highest BCUT2D eigenvalue weighted by Gasteiger charge is 2.35. The van der Waals surface area contributed by atoms with Gasteiger partial charge in [-0.2, -0.15) is 26.3 Å². The maximum Gasteiger partial charge on any atom is 0.416 e. The summed E-state index contributed by atoms with van der Waals surface area (Å²) in [6.07, 6.45) is -8.76. The van der Waals surface area contributed by atoms with Crippen molar-refractivity contribution >= 4 is 84.7 Å². The van der Waals surface area contributed by atoms with E-state index in [1.807, 2.05) is 12.1 Å². The molecule has 0 aliphatic heterocycles. The van der Waals surface area contributed by atoms with Gasteiger partial charge in [0, 0.05) is 42.2 Å². The van der Waals surface area contributed by atoms with Crippen LogP contribution in [0.3, 0.4) is 0 Å². The summed E-state index contributed by atoms with van der Waals surface area (Å²) >= 11 is 8.18. The Morgan fingerprint density at radius 1 is 0.528 bits per heavy atom. The molecule has 5 aromatic carbocycles. The molecule has 2 aromatic heterocycles. The van der Waals surface area contributed by atoms with Gasteiger partial charge < -0.3 is 43.7 Å². The first-order valence-corrected chi connectivity index (χ1v) is 31.8. The first-order chi connectivity index (χ1) is 41.1. The number of ether oxygens (including phenoxy) is 6. The Bertz CT molecular complexity index is 3450. The van der Waals surface area contributed by atoms with Gasteiger partial charge >= 0.3 is 30.3 Å². The average Bonchev–Trinajstić information content (AvgIpc) is 2.52. The van der Waals surface area contributed by atoms with Gasteiger partial charge in [0.25, 0.3) is 9.05 Å². The Hall–Kier alpha value is -6.43. The number of thiazole rings is 2. The zero-order valence-corrected chi connectivity index (χ0v) is 53.9. The van der Waals surface area contributed by atoms with Crippen molar-refractivity contribution in [3.05, 3.63) is 154 Å². The predicted octanol–water partition coefficient (Wildman–Crippen LogP) is 14.8. The maximum absolute atomic E-state index is 12.8. The van der Waals surface area contributed by atoms with Gasteiger partial charge in [0.1, 0.15) is 27.3 Å². The molecule has 7 aromatic rings. The second kappa shape index (κ2) is 34.1. The highest BCUT2D eigenvalue weighted by atomic mass is 35.7. The summed E-state index contributed by atoms with van der Waals surface area (Å²) in [6, 6.07) is 29.3. The third-order valence-corrected chi connectivity index (χ3v) is 16.6. The van der Waals surface area contributed by atoms with Gasteiger partial charge in [-0.05, 0) is 159 Å². The second-order valence-corrected chi connectivity index (χ2v) is 25.9. The van der Waals surface area contributed by atoms with E-state index in [4.69, 9.17) is 49.3 Å². The number of halogens is 7. The number of hydrogen-bond acceptors (Lipinski definition) is 20. The molecule has 0 aliphatic carbocycles. The number of carbonyl (C=O) groups excluding carboxylic acids is 3. The number of rotatable bonds is 21. The number of alkyl halides is 6.